The van der Waals surface area contributed by atoms with E-state index in [1.54, 1.807) is 18.4 Å². The quantitative estimate of drug-likeness (QED) is 0.723. The number of thiophene rings is 1. The predicted octanol–water partition coefficient (Wildman–Crippen LogP) is 2.55. The van der Waals surface area contributed by atoms with Gasteiger partial charge in [0, 0.05) is 5.38 Å². The van der Waals surface area contributed by atoms with Crippen LogP contribution in [-0.4, -0.2) is 26.6 Å². The molecular weight excluding hydrogens is 256 g/mol. The summed E-state index contributed by atoms with van der Waals surface area (Å²) in [4.78, 5) is 11.4. The number of methoxy groups -OCH3 is 1. The molecule has 3 rings (SSSR count). The molecule has 5 nitrogen and oxygen atoms in total. The number of imidazole rings is 1. The van der Waals surface area contributed by atoms with Crippen molar-refractivity contribution in [2.75, 3.05) is 7.11 Å². The van der Waals surface area contributed by atoms with E-state index in [9.17, 15) is 0 Å². The number of ether oxygens (including phenoxy) is 1. The molecule has 0 aromatic carbocycles. The van der Waals surface area contributed by atoms with Gasteiger partial charge in [-0.25, -0.2) is 4.98 Å². The summed E-state index contributed by atoms with van der Waals surface area (Å²) in [6.45, 7) is 0. The van der Waals surface area contributed by atoms with Gasteiger partial charge in [-0.05, 0) is 23.7 Å². The number of rotatable bonds is 2. The van der Waals surface area contributed by atoms with Gasteiger partial charge in [0.15, 0.2) is 10.4 Å². The van der Waals surface area contributed by atoms with Gasteiger partial charge in [0.1, 0.15) is 11.8 Å². The summed E-state index contributed by atoms with van der Waals surface area (Å²) in [5.41, 5.74) is 2.43. The molecule has 0 atom stereocenters. The Kier molecular flexibility index (Phi) is 2.41. The van der Waals surface area contributed by atoms with Crippen LogP contribution in [0.3, 0.4) is 0 Å². The molecule has 0 saturated carbocycles. The molecule has 3 heterocycles. The zero-order valence-corrected chi connectivity index (χ0v) is 10.5. The van der Waals surface area contributed by atoms with Gasteiger partial charge in [-0.15, -0.1) is 0 Å². The monoisotopic (exact) mass is 264 g/mol. The van der Waals surface area contributed by atoms with Gasteiger partial charge >= 0.3 is 0 Å². The Morgan fingerprint density at radius 3 is 3.06 bits per heavy atom. The summed E-state index contributed by atoms with van der Waals surface area (Å²) in [6, 6.07) is 1.99. The summed E-state index contributed by atoms with van der Waals surface area (Å²) in [5.74, 6) is 0.495. The van der Waals surface area contributed by atoms with Crippen molar-refractivity contribution in [1.82, 2.24) is 19.5 Å². The Hall–Kier alpha value is -1.73. The van der Waals surface area contributed by atoms with Crippen molar-refractivity contribution in [3.8, 4) is 11.6 Å². The molecule has 0 radical (unpaired) electrons. The van der Waals surface area contributed by atoms with Crippen molar-refractivity contribution < 1.29 is 4.74 Å². The van der Waals surface area contributed by atoms with E-state index in [4.69, 9.17) is 17.0 Å². The molecule has 1 N–H and O–H groups in total. The maximum Gasteiger partial charge on any atom is 0.242 e. The largest absolute Gasteiger partial charge is 0.479 e. The van der Waals surface area contributed by atoms with E-state index in [2.05, 4.69) is 15.0 Å². The van der Waals surface area contributed by atoms with Crippen LogP contribution >= 0.6 is 23.6 Å². The second-order valence-electron chi connectivity index (χ2n) is 3.33. The van der Waals surface area contributed by atoms with E-state index >= 15 is 0 Å². The molecule has 3 aromatic rings. The number of aromatic amines is 1. The summed E-state index contributed by atoms with van der Waals surface area (Å²) in [6.07, 6.45) is 1.46. The van der Waals surface area contributed by atoms with Crippen molar-refractivity contribution in [3.05, 3.63) is 27.9 Å². The second-order valence-corrected chi connectivity index (χ2v) is 4.50. The number of hydrogen-bond acceptors (Lipinski definition) is 5. The highest BCUT2D eigenvalue weighted by atomic mass is 32.1. The normalized spacial score (nSPS) is 10.9. The Morgan fingerprint density at radius 1 is 1.47 bits per heavy atom. The molecule has 0 aliphatic rings. The highest BCUT2D eigenvalue weighted by Gasteiger charge is 2.12. The lowest BCUT2D eigenvalue weighted by atomic mass is 10.5. The summed E-state index contributed by atoms with van der Waals surface area (Å²) in [5, 5.41) is 4.01. The third kappa shape index (κ3) is 1.55. The lowest BCUT2D eigenvalue weighted by Crippen LogP contribution is -1.95. The zero-order valence-electron chi connectivity index (χ0n) is 8.88. The van der Waals surface area contributed by atoms with Crippen LogP contribution in [0.1, 0.15) is 0 Å². The first-order valence-electron chi connectivity index (χ1n) is 4.83. The predicted molar refractivity (Wildman–Crippen MR) is 68.5 cm³/mol. The molecule has 0 spiro atoms. The van der Waals surface area contributed by atoms with Gasteiger partial charge in [-0.1, -0.05) is 0 Å². The molecular formula is C10H8N4OS2. The minimum absolute atomic E-state index is 0.495. The van der Waals surface area contributed by atoms with Gasteiger partial charge in [-0.3, -0.25) is 4.57 Å². The average molecular weight is 264 g/mol. The highest BCUT2D eigenvalue weighted by molar-refractivity contribution is 7.71. The molecule has 0 bridgehead atoms. The van der Waals surface area contributed by atoms with Crippen LogP contribution in [0, 0.1) is 4.77 Å². The van der Waals surface area contributed by atoms with Crippen LogP contribution in [0.5, 0.6) is 5.88 Å². The fourth-order valence-corrected chi connectivity index (χ4v) is 2.59. The van der Waals surface area contributed by atoms with Gasteiger partial charge in [-0.2, -0.15) is 16.3 Å². The average Bonchev–Trinajstić information content (AvgIpc) is 2.93. The fourth-order valence-electron chi connectivity index (χ4n) is 1.68. The second kappa shape index (κ2) is 3.94. The number of H-pyrrole nitrogens is 1. The molecule has 7 heteroatoms. The Bertz CT molecular complexity index is 714. The molecule has 17 heavy (non-hydrogen) atoms. The van der Waals surface area contributed by atoms with E-state index in [1.165, 1.54) is 6.33 Å². The molecule has 0 amide bonds. The lowest BCUT2D eigenvalue weighted by molar-refractivity contribution is 0.401. The molecule has 0 aliphatic heterocycles. The van der Waals surface area contributed by atoms with E-state index < -0.39 is 0 Å². The molecule has 3 aromatic heterocycles. The highest BCUT2D eigenvalue weighted by Crippen LogP contribution is 2.24. The molecule has 0 unspecified atom stereocenters. The topological polar surface area (TPSA) is 55.7 Å². The number of nitrogens with zero attached hydrogens (tertiary/aromatic N) is 3. The standard InChI is InChI=1S/C10H8N4OS2/c1-15-9-7-8(11-5-12-9)14(10(16)13-7)6-2-3-17-4-6/h2-5H,1H3,(H,13,16). The van der Waals surface area contributed by atoms with Gasteiger partial charge in [0.05, 0.1) is 12.8 Å². The minimum Gasteiger partial charge on any atom is -0.479 e. The van der Waals surface area contributed by atoms with Crippen LogP contribution < -0.4 is 4.74 Å². The number of aromatic nitrogens is 4. The zero-order chi connectivity index (χ0) is 11.8. The minimum atomic E-state index is 0.495. The van der Waals surface area contributed by atoms with Crippen LogP contribution in [0.25, 0.3) is 16.9 Å². The van der Waals surface area contributed by atoms with Crippen LogP contribution in [0.4, 0.5) is 0 Å². The third-order valence-electron chi connectivity index (χ3n) is 2.40. The molecule has 0 saturated heterocycles. The van der Waals surface area contributed by atoms with Gasteiger partial charge in [0.2, 0.25) is 5.88 Å². The maximum absolute atomic E-state index is 5.30. The van der Waals surface area contributed by atoms with Crippen LogP contribution in [-0.2, 0) is 0 Å². The Morgan fingerprint density at radius 2 is 2.35 bits per heavy atom. The van der Waals surface area contributed by atoms with Crippen molar-refractivity contribution in [2.24, 2.45) is 0 Å². The first-order chi connectivity index (χ1) is 8.31. The van der Waals surface area contributed by atoms with Crippen LogP contribution in [0.15, 0.2) is 23.2 Å². The Balaban J connectivity index is 2.40. The smallest absolute Gasteiger partial charge is 0.242 e. The molecule has 0 fully saturated rings. The molecule has 0 aliphatic carbocycles. The lowest BCUT2D eigenvalue weighted by Gasteiger charge is -2.01. The van der Waals surface area contributed by atoms with E-state index in [1.807, 2.05) is 21.4 Å². The number of fused-ring (bicyclic) bond motifs is 1. The van der Waals surface area contributed by atoms with E-state index in [-0.39, 0.29) is 0 Å². The summed E-state index contributed by atoms with van der Waals surface area (Å²) >= 11 is 6.91. The van der Waals surface area contributed by atoms with E-state index in [0.717, 1.165) is 11.3 Å². The molecule has 86 valence electrons. The van der Waals surface area contributed by atoms with Gasteiger partial charge < -0.3 is 9.72 Å². The summed E-state index contributed by atoms with van der Waals surface area (Å²) in [7, 11) is 1.57. The van der Waals surface area contributed by atoms with Crippen LogP contribution in [0.2, 0.25) is 0 Å². The first kappa shape index (κ1) is 10.4. The van der Waals surface area contributed by atoms with Crippen molar-refractivity contribution >= 4 is 34.7 Å². The van der Waals surface area contributed by atoms with Gasteiger partial charge in [0.25, 0.3) is 0 Å². The number of nitrogens with one attached hydrogen (secondary N) is 1. The number of hydrogen-bond donors (Lipinski definition) is 1. The summed E-state index contributed by atoms with van der Waals surface area (Å²) < 4.78 is 7.62. The third-order valence-corrected chi connectivity index (χ3v) is 3.35. The SMILES string of the molecule is COc1ncnc2c1[nH]c(=S)n2-c1ccsc1. The van der Waals surface area contributed by atoms with Crippen molar-refractivity contribution in [3.63, 3.8) is 0 Å². The van der Waals surface area contributed by atoms with Crippen molar-refractivity contribution in [2.45, 2.75) is 0 Å². The first-order valence-corrected chi connectivity index (χ1v) is 6.18. The van der Waals surface area contributed by atoms with E-state index in [0.29, 0.717) is 16.2 Å². The fraction of sp³-hybridized carbons (Fsp3) is 0.100. The maximum atomic E-state index is 5.30. The Labute approximate surface area is 106 Å². The van der Waals surface area contributed by atoms with Crippen molar-refractivity contribution in [1.29, 1.82) is 0 Å².